The minimum Gasteiger partial charge on any atom is -0.367 e. The Labute approximate surface area is 156 Å². The number of nitrogens with zero attached hydrogens (tertiary/aromatic N) is 4. The van der Waals surface area contributed by atoms with E-state index in [1.54, 1.807) is 29.2 Å². The lowest BCUT2D eigenvalue weighted by molar-refractivity contribution is -0.120. The van der Waals surface area contributed by atoms with Gasteiger partial charge in [-0.2, -0.15) is 5.10 Å². The SMILES string of the molecule is Cc1cc(C)n(-c2cncc(NCCNC(=O)Cc3cccc(F)c3)n2)n1. The summed E-state index contributed by atoms with van der Waals surface area (Å²) in [4.78, 5) is 20.6. The molecule has 2 heterocycles. The minimum absolute atomic E-state index is 0.144. The zero-order valence-corrected chi connectivity index (χ0v) is 15.2. The van der Waals surface area contributed by atoms with Crippen molar-refractivity contribution in [3.63, 3.8) is 0 Å². The number of carbonyl (C=O) groups is 1. The zero-order chi connectivity index (χ0) is 19.2. The van der Waals surface area contributed by atoms with Crippen molar-refractivity contribution in [2.45, 2.75) is 20.3 Å². The van der Waals surface area contributed by atoms with Crippen molar-refractivity contribution in [2.24, 2.45) is 0 Å². The fourth-order valence-corrected chi connectivity index (χ4v) is 2.69. The fraction of sp³-hybridized carbons (Fsp3) is 0.263. The van der Waals surface area contributed by atoms with Gasteiger partial charge >= 0.3 is 0 Å². The molecule has 1 amide bonds. The summed E-state index contributed by atoms with van der Waals surface area (Å²) in [5, 5.41) is 10.3. The van der Waals surface area contributed by atoms with Crippen LogP contribution in [0.1, 0.15) is 17.0 Å². The Balaban J connectivity index is 1.48. The number of amides is 1. The first-order chi connectivity index (χ1) is 13.0. The zero-order valence-electron chi connectivity index (χ0n) is 15.2. The smallest absolute Gasteiger partial charge is 0.224 e. The van der Waals surface area contributed by atoms with E-state index in [-0.39, 0.29) is 18.1 Å². The molecule has 140 valence electrons. The summed E-state index contributed by atoms with van der Waals surface area (Å²) in [6.07, 6.45) is 3.40. The highest BCUT2D eigenvalue weighted by molar-refractivity contribution is 5.78. The Morgan fingerprint density at radius 2 is 2.04 bits per heavy atom. The van der Waals surface area contributed by atoms with E-state index >= 15 is 0 Å². The standard InChI is InChI=1S/C19H21FN6O/c1-13-8-14(2)26(25-13)18-12-21-11-17(24-18)22-6-7-23-19(27)10-15-4-3-5-16(20)9-15/h3-5,8-9,11-12H,6-7,10H2,1-2H3,(H,22,24)(H,23,27). The van der Waals surface area contributed by atoms with Crippen LogP contribution in [0, 0.1) is 19.7 Å². The number of aromatic nitrogens is 4. The van der Waals surface area contributed by atoms with Gasteiger partial charge in [0.15, 0.2) is 5.82 Å². The van der Waals surface area contributed by atoms with Crippen LogP contribution < -0.4 is 10.6 Å². The second-order valence-corrected chi connectivity index (χ2v) is 6.18. The molecule has 0 aliphatic rings. The predicted molar refractivity (Wildman–Crippen MR) is 100 cm³/mol. The maximum atomic E-state index is 13.1. The van der Waals surface area contributed by atoms with Gasteiger partial charge in [-0.3, -0.25) is 9.78 Å². The normalized spacial score (nSPS) is 10.6. The first-order valence-electron chi connectivity index (χ1n) is 8.62. The summed E-state index contributed by atoms with van der Waals surface area (Å²) in [6.45, 7) is 4.78. The maximum absolute atomic E-state index is 13.1. The van der Waals surface area contributed by atoms with Crippen LogP contribution in [0.5, 0.6) is 0 Å². The van der Waals surface area contributed by atoms with Crippen LogP contribution in [-0.2, 0) is 11.2 Å². The molecule has 0 fully saturated rings. The molecule has 0 saturated carbocycles. The molecule has 0 aliphatic carbocycles. The van der Waals surface area contributed by atoms with Gasteiger partial charge in [-0.1, -0.05) is 12.1 Å². The van der Waals surface area contributed by atoms with E-state index in [1.807, 2.05) is 19.9 Å². The predicted octanol–water partition coefficient (Wildman–Crippen LogP) is 2.19. The van der Waals surface area contributed by atoms with Gasteiger partial charge in [0.05, 0.1) is 24.5 Å². The van der Waals surface area contributed by atoms with E-state index in [0.29, 0.717) is 30.3 Å². The van der Waals surface area contributed by atoms with E-state index in [9.17, 15) is 9.18 Å². The van der Waals surface area contributed by atoms with Crippen LogP contribution in [0.2, 0.25) is 0 Å². The van der Waals surface area contributed by atoms with Gasteiger partial charge in [-0.25, -0.2) is 14.1 Å². The molecule has 3 aromatic rings. The number of anilines is 1. The average Bonchev–Trinajstić information content (AvgIpc) is 2.97. The Morgan fingerprint density at radius 3 is 2.78 bits per heavy atom. The van der Waals surface area contributed by atoms with Gasteiger partial charge in [0.25, 0.3) is 0 Å². The highest BCUT2D eigenvalue weighted by atomic mass is 19.1. The first-order valence-corrected chi connectivity index (χ1v) is 8.62. The molecule has 0 bridgehead atoms. The Hall–Kier alpha value is -3.29. The molecule has 2 N–H and O–H groups in total. The molecule has 7 nitrogen and oxygen atoms in total. The van der Waals surface area contributed by atoms with Crippen molar-refractivity contribution >= 4 is 11.7 Å². The molecule has 0 saturated heterocycles. The van der Waals surface area contributed by atoms with Gasteiger partial charge in [-0.15, -0.1) is 0 Å². The van der Waals surface area contributed by atoms with Crippen LogP contribution in [0.15, 0.2) is 42.7 Å². The molecule has 27 heavy (non-hydrogen) atoms. The lowest BCUT2D eigenvalue weighted by Gasteiger charge is -2.09. The second kappa shape index (κ2) is 8.39. The van der Waals surface area contributed by atoms with Gasteiger partial charge < -0.3 is 10.6 Å². The lowest BCUT2D eigenvalue weighted by atomic mass is 10.1. The molecule has 0 radical (unpaired) electrons. The van der Waals surface area contributed by atoms with Crippen molar-refractivity contribution in [3.05, 3.63) is 65.5 Å². The summed E-state index contributed by atoms with van der Waals surface area (Å²) < 4.78 is 14.9. The minimum atomic E-state index is -0.344. The number of hydrogen-bond acceptors (Lipinski definition) is 5. The molecular weight excluding hydrogens is 347 g/mol. The Kier molecular flexibility index (Phi) is 5.75. The molecule has 8 heteroatoms. The summed E-state index contributed by atoms with van der Waals surface area (Å²) in [6, 6.07) is 8.00. The Bertz CT molecular complexity index is 939. The number of rotatable bonds is 7. The molecule has 0 unspecified atom stereocenters. The summed E-state index contributed by atoms with van der Waals surface area (Å²) >= 11 is 0. The number of halogens is 1. The van der Waals surface area contributed by atoms with E-state index in [1.165, 1.54) is 12.1 Å². The molecule has 0 aliphatic heterocycles. The van der Waals surface area contributed by atoms with Crippen molar-refractivity contribution in [2.75, 3.05) is 18.4 Å². The van der Waals surface area contributed by atoms with E-state index in [0.717, 1.165) is 11.4 Å². The monoisotopic (exact) mass is 368 g/mol. The summed E-state index contributed by atoms with van der Waals surface area (Å²) in [5.41, 5.74) is 2.53. The van der Waals surface area contributed by atoms with Crippen molar-refractivity contribution in [3.8, 4) is 5.82 Å². The van der Waals surface area contributed by atoms with E-state index in [4.69, 9.17) is 0 Å². The van der Waals surface area contributed by atoms with Crippen LogP contribution in [0.25, 0.3) is 5.82 Å². The van der Waals surface area contributed by atoms with Gasteiger partial charge in [0.2, 0.25) is 5.91 Å². The molecule has 3 rings (SSSR count). The molecule has 1 aromatic carbocycles. The fourth-order valence-electron chi connectivity index (χ4n) is 2.69. The molecule has 2 aromatic heterocycles. The number of aryl methyl sites for hydroxylation is 2. The molecule has 0 atom stereocenters. The summed E-state index contributed by atoms with van der Waals surface area (Å²) in [5.74, 6) is 0.716. The van der Waals surface area contributed by atoms with Crippen molar-refractivity contribution < 1.29 is 9.18 Å². The third-order valence-electron chi connectivity index (χ3n) is 3.86. The molecular formula is C19H21FN6O. The second-order valence-electron chi connectivity index (χ2n) is 6.18. The summed E-state index contributed by atoms with van der Waals surface area (Å²) in [7, 11) is 0. The van der Waals surface area contributed by atoms with Crippen molar-refractivity contribution in [1.29, 1.82) is 0 Å². The highest BCUT2D eigenvalue weighted by Crippen LogP contribution is 2.10. The van der Waals surface area contributed by atoms with Crippen LogP contribution >= 0.6 is 0 Å². The molecule has 0 spiro atoms. The average molecular weight is 368 g/mol. The number of nitrogens with one attached hydrogen (secondary N) is 2. The topological polar surface area (TPSA) is 84.7 Å². The van der Waals surface area contributed by atoms with Crippen molar-refractivity contribution in [1.82, 2.24) is 25.1 Å². The maximum Gasteiger partial charge on any atom is 0.224 e. The first kappa shape index (κ1) is 18.5. The number of benzene rings is 1. The van der Waals surface area contributed by atoms with Gasteiger partial charge in [-0.05, 0) is 37.6 Å². The number of hydrogen-bond donors (Lipinski definition) is 2. The Morgan fingerprint density at radius 1 is 1.19 bits per heavy atom. The number of carbonyl (C=O) groups excluding carboxylic acids is 1. The van der Waals surface area contributed by atoms with Gasteiger partial charge in [0.1, 0.15) is 11.6 Å². The van der Waals surface area contributed by atoms with E-state index in [2.05, 4.69) is 25.7 Å². The van der Waals surface area contributed by atoms with Crippen LogP contribution in [-0.4, -0.2) is 38.7 Å². The third kappa shape index (κ3) is 5.10. The lowest BCUT2D eigenvalue weighted by Crippen LogP contribution is -2.30. The largest absolute Gasteiger partial charge is 0.367 e. The van der Waals surface area contributed by atoms with Crippen LogP contribution in [0.3, 0.4) is 0 Å². The third-order valence-corrected chi connectivity index (χ3v) is 3.86. The van der Waals surface area contributed by atoms with Gasteiger partial charge in [0, 0.05) is 18.8 Å². The van der Waals surface area contributed by atoms with E-state index < -0.39 is 0 Å². The van der Waals surface area contributed by atoms with Crippen LogP contribution in [0.4, 0.5) is 10.2 Å². The quantitative estimate of drug-likeness (QED) is 0.625. The highest BCUT2D eigenvalue weighted by Gasteiger charge is 2.07.